The highest BCUT2D eigenvalue weighted by Crippen LogP contribution is 2.32. The Morgan fingerprint density at radius 1 is 0.968 bits per heavy atom. The Morgan fingerprint density at radius 3 is 2.32 bits per heavy atom. The quantitative estimate of drug-likeness (QED) is 0.466. The van der Waals surface area contributed by atoms with Crippen molar-refractivity contribution in [2.45, 2.75) is 26.3 Å². The van der Waals surface area contributed by atoms with Crippen LogP contribution in [0.2, 0.25) is 10.0 Å². The molecule has 2 amide bonds. The number of halogens is 2. The number of benzene rings is 2. The maximum absolute atomic E-state index is 12.8. The first-order valence-corrected chi connectivity index (χ1v) is 10.3. The lowest BCUT2D eigenvalue weighted by Gasteiger charge is -2.21. The van der Waals surface area contributed by atoms with Crippen molar-refractivity contribution < 1.29 is 14.0 Å². The Bertz CT molecular complexity index is 1130. The fraction of sp³-hybridized carbons (Fsp3) is 0.167. The SMILES string of the molecule is CC(C)(C)NC(=O)C(=Cc1ccc(-c2ccc(Cl)cc2Cl)o1)NC(=O)c1ccccc1. The summed E-state index contributed by atoms with van der Waals surface area (Å²) in [6.45, 7) is 5.57. The predicted octanol–water partition coefficient (Wildman–Crippen LogP) is 5.94. The van der Waals surface area contributed by atoms with Gasteiger partial charge in [-0.05, 0) is 63.2 Å². The Morgan fingerprint density at radius 2 is 1.68 bits per heavy atom. The molecule has 0 saturated carbocycles. The van der Waals surface area contributed by atoms with Gasteiger partial charge in [0.1, 0.15) is 17.2 Å². The molecule has 0 aliphatic carbocycles. The van der Waals surface area contributed by atoms with Crippen molar-refractivity contribution in [1.29, 1.82) is 0 Å². The first kappa shape index (κ1) is 22.7. The van der Waals surface area contributed by atoms with E-state index < -0.39 is 17.4 Å². The molecule has 0 radical (unpaired) electrons. The molecule has 0 saturated heterocycles. The average Bonchev–Trinajstić information content (AvgIpc) is 3.15. The van der Waals surface area contributed by atoms with Crippen molar-refractivity contribution in [3.05, 3.63) is 87.7 Å². The van der Waals surface area contributed by atoms with Gasteiger partial charge in [-0.3, -0.25) is 9.59 Å². The lowest BCUT2D eigenvalue weighted by molar-refractivity contribution is -0.119. The zero-order valence-electron chi connectivity index (χ0n) is 17.3. The van der Waals surface area contributed by atoms with Crippen LogP contribution in [0.15, 0.2) is 70.8 Å². The number of hydrogen-bond donors (Lipinski definition) is 2. The molecule has 0 atom stereocenters. The molecule has 2 N–H and O–H groups in total. The van der Waals surface area contributed by atoms with Gasteiger partial charge >= 0.3 is 0 Å². The molecular formula is C24H22Cl2N2O3. The van der Waals surface area contributed by atoms with E-state index in [1.807, 2.05) is 26.8 Å². The zero-order chi connectivity index (χ0) is 22.6. The van der Waals surface area contributed by atoms with Gasteiger partial charge in [0.15, 0.2) is 0 Å². The fourth-order valence-electron chi connectivity index (χ4n) is 2.76. The smallest absolute Gasteiger partial charge is 0.268 e. The molecule has 0 spiro atoms. The number of furan rings is 1. The summed E-state index contributed by atoms with van der Waals surface area (Å²) in [6, 6.07) is 17.2. The van der Waals surface area contributed by atoms with E-state index in [4.69, 9.17) is 27.6 Å². The highest BCUT2D eigenvalue weighted by atomic mass is 35.5. The number of carbonyl (C=O) groups excluding carboxylic acids is 2. The molecule has 31 heavy (non-hydrogen) atoms. The van der Waals surface area contributed by atoms with Crippen LogP contribution < -0.4 is 10.6 Å². The van der Waals surface area contributed by atoms with Crippen LogP contribution >= 0.6 is 23.2 Å². The minimum absolute atomic E-state index is 0.0619. The molecule has 3 aromatic rings. The van der Waals surface area contributed by atoms with E-state index in [1.165, 1.54) is 6.08 Å². The highest BCUT2D eigenvalue weighted by molar-refractivity contribution is 6.36. The molecule has 2 aromatic carbocycles. The van der Waals surface area contributed by atoms with Crippen molar-refractivity contribution in [2.24, 2.45) is 0 Å². The van der Waals surface area contributed by atoms with Gasteiger partial charge in [-0.2, -0.15) is 0 Å². The Hall–Kier alpha value is -3.02. The molecule has 0 aliphatic rings. The summed E-state index contributed by atoms with van der Waals surface area (Å²) in [5.74, 6) is 0.0639. The van der Waals surface area contributed by atoms with E-state index >= 15 is 0 Å². The standard InChI is InChI=1S/C24H22Cl2N2O3/c1-24(2,3)28-23(30)20(27-22(29)15-7-5-4-6-8-15)14-17-10-12-21(31-17)18-11-9-16(25)13-19(18)26/h4-14H,1-3H3,(H,27,29)(H,28,30). The van der Waals surface area contributed by atoms with Crippen LogP contribution in [-0.2, 0) is 4.79 Å². The topological polar surface area (TPSA) is 71.3 Å². The van der Waals surface area contributed by atoms with Crippen molar-refractivity contribution in [1.82, 2.24) is 10.6 Å². The van der Waals surface area contributed by atoms with Gasteiger partial charge in [-0.25, -0.2) is 0 Å². The zero-order valence-corrected chi connectivity index (χ0v) is 18.8. The van der Waals surface area contributed by atoms with E-state index in [1.54, 1.807) is 54.6 Å². The monoisotopic (exact) mass is 456 g/mol. The fourth-order valence-corrected chi connectivity index (χ4v) is 3.26. The Labute approximate surface area is 191 Å². The normalized spacial score (nSPS) is 11.8. The second kappa shape index (κ2) is 9.41. The molecule has 0 unspecified atom stereocenters. The summed E-state index contributed by atoms with van der Waals surface area (Å²) in [6.07, 6.45) is 1.48. The highest BCUT2D eigenvalue weighted by Gasteiger charge is 2.20. The molecule has 1 heterocycles. The summed E-state index contributed by atoms with van der Waals surface area (Å²) in [4.78, 5) is 25.5. The molecule has 0 aliphatic heterocycles. The van der Waals surface area contributed by atoms with Crippen LogP contribution in [-0.4, -0.2) is 17.4 Å². The third-order valence-electron chi connectivity index (χ3n) is 4.13. The first-order chi connectivity index (χ1) is 14.6. The van der Waals surface area contributed by atoms with Gasteiger partial charge in [0, 0.05) is 27.8 Å². The number of rotatable bonds is 5. The third kappa shape index (κ3) is 6.23. The van der Waals surface area contributed by atoms with E-state index in [-0.39, 0.29) is 5.70 Å². The van der Waals surface area contributed by atoms with E-state index in [0.29, 0.717) is 32.7 Å². The van der Waals surface area contributed by atoms with Crippen LogP contribution in [0.25, 0.3) is 17.4 Å². The second-order valence-electron chi connectivity index (χ2n) is 7.91. The molecule has 0 fully saturated rings. The Balaban J connectivity index is 1.92. The van der Waals surface area contributed by atoms with Crippen molar-refractivity contribution in [3.63, 3.8) is 0 Å². The van der Waals surface area contributed by atoms with Gasteiger partial charge in [-0.1, -0.05) is 41.4 Å². The van der Waals surface area contributed by atoms with Gasteiger partial charge in [-0.15, -0.1) is 0 Å². The minimum Gasteiger partial charge on any atom is -0.457 e. The molecule has 1 aromatic heterocycles. The molecule has 160 valence electrons. The lowest BCUT2D eigenvalue weighted by atomic mass is 10.1. The predicted molar refractivity (Wildman–Crippen MR) is 124 cm³/mol. The van der Waals surface area contributed by atoms with E-state index in [2.05, 4.69) is 10.6 Å². The largest absolute Gasteiger partial charge is 0.457 e. The number of hydrogen-bond acceptors (Lipinski definition) is 3. The first-order valence-electron chi connectivity index (χ1n) is 9.58. The summed E-state index contributed by atoms with van der Waals surface area (Å²) in [5.41, 5.74) is 0.676. The maximum Gasteiger partial charge on any atom is 0.268 e. The van der Waals surface area contributed by atoms with Crippen LogP contribution in [0.5, 0.6) is 0 Å². The van der Waals surface area contributed by atoms with Crippen molar-refractivity contribution in [2.75, 3.05) is 0 Å². The third-order valence-corrected chi connectivity index (χ3v) is 4.68. The average molecular weight is 457 g/mol. The van der Waals surface area contributed by atoms with Gasteiger partial charge in [0.05, 0.1) is 5.02 Å². The molecule has 3 rings (SSSR count). The number of carbonyl (C=O) groups is 2. The van der Waals surface area contributed by atoms with Gasteiger partial charge in [0.2, 0.25) is 0 Å². The van der Waals surface area contributed by atoms with E-state index in [9.17, 15) is 9.59 Å². The summed E-state index contributed by atoms with van der Waals surface area (Å²) >= 11 is 12.2. The van der Waals surface area contributed by atoms with Crippen LogP contribution in [0, 0.1) is 0 Å². The second-order valence-corrected chi connectivity index (χ2v) is 8.75. The lowest BCUT2D eigenvalue weighted by Crippen LogP contribution is -2.44. The number of nitrogens with one attached hydrogen (secondary N) is 2. The summed E-state index contributed by atoms with van der Waals surface area (Å²) in [7, 11) is 0. The van der Waals surface area contributed by atoms with Crippen LogP contribution in [0.3, 0.4) is 0 Å². The van der Waals surface area contributed by atoms with Crippen LogP contribution in [0.4, 0.5) is 0 Å². The molecule has 7 heteroatoms. The maximum atomic E-state index is 12.8. The van der Waals surface area contributed by atoms with Crippen molar-refractivity contribution in [3.8, 4) is 11.3 Å². The van der Waals surface area contributed by atoms with Crippen LogP contribution in [0.1, 0.15) is 36.9 Å². The van der Waals surface area contributed by atoms with E-state index in [0.717, 1.165) is 0 Å². The van der Waals surface area contributed by atoms with Crippen molar-refractivity contribution >= 4 is 41.1 Å². The summed E-state index contributed by atoms with van der Waals surface area (Å²) < 4.78 is 5.85. The van der Waals surface area contributed by atoms with Gasteiger partial charge in [0.25, 0.3) is 11.8 Å². The number of amides is 2. The molecular weight excluding hydrogens is 435 g/mol. The van der Waals surface area contributed by atoms with Gasteiger partial charge < -0.3 is 15.1 Å². The molecule has 0 bridgehead atoms. The molecule has 5 nitrogen and oxygen atoms in total. The minimum atomic E-state index is -0.487. The summed E-state index contributed by atoms with van der Waals surface area (Å²) in [5, 5.41) is 6.49. The Kier molecular flexibility index (Phi) is 6.88.